The number of rotatable bonds is 4. The fraction of sp³-hybridized carbons (Fsp3) is 0.0370. The molecule has 0 heterocycles. The van der Waals surface area contributed by atoms with Gasteiger partial charge in [-0.3, -0.25) is 0 Å². The van der Waals surface area contributed by atoms with E-state index in [1.165, 1.54) is 121 Å². The summed E-state index contributed by atoms with van der Waals surface area (Å²) in [5.41, 5.74) is 18.1. The van der Waals surface area contributed by atoms with Crippen molar-refractivity contribution >= 4 is 43.1 Å². The van der Waals surface area contributed by atoms with E-state index in [0.717, 1.165) is 0 Å². The van der Waals surface area contributed by atoms with Gasteiger partial charge in [0.2, 0.25) is 0 Å². The molecule has 10 aromatic rings. The Morgan fingerprint density at radius 3 is 1.44 bits per heavy atom. The van der Waals surface area contributed by atoms with E-state index >= 15 is 0 Å². The van der Waals surface area contributed by atoms with Crippen molar-refractivity contribution in [2.45, 2.75) is 13.8 Å². The minimum absolute atomic E-state index is 1.23. The summed E-state index contributed by atoms with van der Waals surface area (Å²) in [6.45, 7) is 4.49. The first-order valence-electron chi connectivity index (χ1n) is 18.9. The van der Waals surface area contributed by atoms with Crippen LogP contribution in [0, 0.1) is 13.8 Å². The normalized spacial score (nSPS) is 11.9. The van der Waals surface area contributed by atoms with Crippen molar-refractivity contribution < 1.29 is 0 Å². The summed E-state index contributed by atoms with van der Waals surface area (Å²) in [6, 6.07) is 67.7. The first-order chi connectivity index (χ1) is 26.7. The van der Waals surface area contributed by atoms with Crippen molar-refractivity contribution in [3.05, 3.63) is 193 Å². The third-order valence-corrected chi connectivity index (χ3v) is 11.8. The summed E-state index contributed by atoms with van der Waals surface area (Å²) in [6.07, 6.45) is 0. The number of hydrogen-bond acceptors (Lipinski definition) is 0. The molecule has 0 nitrogen and oxygen atoms in total. The van der Waals surface area contributed by atoms with E-state index in [-0.39, 0.29) is 0 Å². The molecule has 0 saturated carbocycles. The highest BCUT2D eigenvalue weighted by Crippen LogP contribution is 2.59. The minimum atomic E-state index is 1.23. The second-order valence-corrected chi connectivity index (χ2v) is 14.8. The minimum Gasteiger partial charge on any atom is -0.0622 e. The van der Waals surface area contributed by atoms with E-state index in [2.05, 4.69) is 196 Å². The second kappa shape index (κ2) is 11.9. The number of fused-ring (bicyclic) bond motifs is 8. The lowest BCUT2D eigenvalue weighted by atomic mass is 9.81. The lowest BCUT2D eigenvalue weighted by Gasteiger charge is -2.21. The van der Waals surface area contributed by atoms with Gasteiger partial charge in [-0.2, -0.15) is 0 Å². The Hall–Kier alpha value is -6.76. The zero-order valence-corrected chi connectivity index (χ0v) is 30.3. The maximum atomic E-state index is 2.52. The van der Waals surface area contributed by atoms with Gasteiger partial charge < -0.3 is 0 Å². The molecule has 0 heteroatoms. The Morgan fingerprint density at radius 1 is 0.241 bits per heavy atom. The van der Waals surface area contributed by atoms with Gasteiger partial charge in [-0.15, -0.1) is 0 Å². The average molecular weight is 685 g/mol. The summed E-state index contributed by atoms with van der Waals surface area (Å²) >= 11 is 0. The summed E-state index contributed by atoms with van der Waals surface area (Å²) in [5, 5.41) is 10.4. The van der Waals surface area contributed by atoms with Crippen LogP contribution in [0.15, 0.2) is 182 Å². The lowest BCUT2D eigenvalue weighted by molar-refractivity contribution is 1.39. The largest absolute Gasteiger partial charge is 0.0622 e. The van der Waals surface area contributed by atoms with Crippen LogP contribution in [0.1, 0.15) is 11.1 Å². The van der Waals surface area contributed by atoms with Crippen LogP contribution in [0.4, 0.5) is 0 Å². The van der Waals surface area contributed by atoms with E-state index in [0.29, 0.717) is 0 Å². The van der Waals surface area contributed by atoms with E-state index < -0.39 is 0 Å². The van der Waals surface area contributed by atoms with Crippen LogP contribution in [-0.2, 0) is 0 Å². The van der Waals surface area contributed by atoms with E-state index in [1.807, 2.05) is 0 Å². The summed E-state index contributed by atoms with van der Waals surface area (Å²) in [4.78, 5) is 0. The maximum Gasteiger partial charge on any atom is -0.000719 e. The molecule has 0 aromatic heterocycles. The van der Waals surface area contributed by atoms with Crippen LogP contribution >= 0.6 is 0 Å². The van der Waals surface area contributed by atoms with Gasteiger partial charge in [-0.25, -0.2) is 0 Å². The third kappa shape index (κ3) is 4.44. The Morgan fingerprint density at radius 2 is 0.759 bits per heavy atom. The molecular formula is C54H36. The van der Waals surface area contributed by atoms with Gasteiger partial charge in [0.15, 0.2) is 0 Å². The van der Waals surface area contributed by atoms with Gasteiger partial charge in [0.05, 0.1) is 0 Å². The van der Waals surface area contributed by atoms with Crippen molar-refractivity contribution in [3.63, 3.8) is 0 Å². The molecule has 0 saturated heterocycles. The van der Waals surface area contributed by atoms with Gasteiger partial charge in [-0.1, -0.05) is 164 Å². The zero-order chi connectivity index (χ0) is 35.9. The Bertz CT molecular complexity index is 3110. The van der Waals surface area contributed by atoms with E-state index in [1.54, 1.807) is 0 Å². The molecule has 0 radical (unpaired) electrons. The predicted octanol–water partition coefficient (Wildman–Crippen LogP) is 15.2. The SMILES string of the molecule is Cc1cccc(C)c1-c1cc2c3cccc4c3c(cc2c2ccccc12)-c1c-4c(-c2ccccc2)c2cc(-c3ccccc3)ccc2c1-c1ccccc1. The predicted molar refractivity (Wildman–Crippen MR) is 232 cm³/mol. The zero-order valence-electron chi connectivity index (χ0n) is 30.3. The van der Waals surface area contributed by atoms with Crippen LogP contribution in [0.5, 0.6) is 0 Å². The highest BCUT2D eigenvalue weighted by Gasteiger charge is 2.32. The highest BCUT2D eigenvalue weighted by molar-refractivity contribution is 6.33. The van der Waals surface area contributed by atoms with Crippen molar-refractivity contribution in [1.82, 2.24) is 0 Å². The smallest absolute Gasteiger partial charge is 0.000719 e. The molecule has 10 aromatic carbocycles. The summed E-state index contributed by atoms with van der Waals surface area (Å²) in [5.74, 6) is 0. The quantitative estimate of drug-likeness (QED) is 0.162. The first kappa shape index (κ1) is 30.8. The van der Waals surface area contributed by atoms with Gasteiger partial charge in [0, 0.05) is 0 Å². The van der Waals surface area contributed by atoms with Gasteiger partial charge >= 0.3 is 0 Å². The number of hydrogen-bond donors (Lipinski definition) is 0. The van der Waals surface area contributed by atoms with Crippen LogP contribution in [0.2, 0.25) is 0 Å². The van der Waals surface area contributed by atoms with Crippen molar-refractivity contribution in [1.29, 1.82) is 0 Å². The molecule has 0 aliphatic heterocycles. The second-order valence-electron chi connectivity index (χ2n) is 14.8. The van der Waals surface area contributed by atoms with Gasteiger partial charge in [0.25, 0.3) is 0 Å². The van der Waals surface area contributed by atoms with Crippen molar-refractivity contribution in [2.24, 2.45) is 0 Å². The monoisotopic (exact) mass is 684 g/mol. The molecule has 0 bridgehead atoms. The fourth-order valence-electron chi connectivity index (χ4n) is 9.56. The van der Waals surface area contributed by atoms with Crippen molar-refractivity contribution in [3.8, 4) is 66.8 Å². The number of benzene rings is 10. The molecule has 0 unspecified atom stereocenters. The fourth-order valence-corrected chi connectivity index (χ4v) is 9.56. The standard InChI is InChI=1S/C54H36/c1-33-16-14-17-34(2)49(33)47-31-45-41-26-15-27-43-52(41)48(32-44(45)39-24-12-13-25-40(39)47)54-50(36-20-8-4-9-21-36)42-29-28-38(35-18-6-3-7-19-35)30-46(42)51(53(43)54)37-22-10-5-11-23-37/h3-32H,1-2H3. The third-order valence-electron chi connectivity index (χ3n) is 11.8. The topological polar surface area (TPSA) is 0 Å². The highest BCUT2D eigenvalue weighted by atomic mass is 14.3. The molecule has 0 N–H and O–H groups in total. The molecule has 11 rings (SSSR count). The molecule has 1 aliphatic carbocycles. The van der Waals surface area contributed by atoms with Crippen molar-refractivity contribution in [2.75, 3.05) is 0 Å². The molecule has 54 heavy (non-hydrogen) atoms. The Labute approximate surface area is 315 Å². The number of aryl methyl sites for hydroxylation is 2. The summed E-state index contributed by atoms with van der Waals surface area (Å²) < 4.78 is 0. The molecular weight excluding hydrogens is 649 g/mol. The van der Waals surface area contributed by atoms with Crippen LogP contribution in [-0.4, -0.2) is 0 Å². The van der Waals surface area contributed by atoms with Crippen LogP contribution in [0.25, 0.3) is 110 Å². The van der Waals surface area contributed by atoms with E-state index in [9.17, 15) is 0 Å². The van der Waals surface area contributed by atoms with Crippen LogP contribution in [0.3, 0.4) is 0 Å². The molecule has 1 aliphatic rings. The first-order valence-corrected chi connectivity index (χ1v) is 18.9. The van der Waals surface area contributed by atoms with E-state index in [4.69, 9.17) is 0 Å². The molecule has 0 fully saturated rings. The molecule has 252 valence electrons. The lowest BCUT2D eigenvalue weighted by Crippen LogP contribution is -1.94. The van der Waals surface area contributed by atoms with Gasteiger partial charge in [-0.05, 0) is 153 Å². The Balaban J connectivity index is 1.34. The van der Waals surface area contributed by atoms with Gasteiger partial charge in [0.1, 0.15) is 0 Å². The maximum absolute atomic E-state index is 2.52. The Kier molecular flexibility index (Phi) is 6.78. The summed E-state index contributed by atoms with van der Waals surface area (Å²) in [7, 11) is 0. The van der Waals surface area contributed by atoms with Crippen LogP contribution < -0.4 is 0 Å². The molecule has 0 spiro atoms. The average Bonchev–Trinajstić information content (AvgIpc) is 3.55. The molecule has 0 atom stereocenters. The molecule has 0 amide bonds.